The first-order chi connectivity index (χ1) is 18.6. The quantitative estimate of drug-likeness (QED) is 0.346. The number of benzene rings is 3. The average molecular weight is 552 g/mol. The van der Waals surface area contributed by atoms with Crippen LogP contribution in [0.25, 0.3) is 0 Å². The molecule has 0 fully saturated rings. The molecule has 3 rings (SSSR count). The molecule has 0 heterocycles. The Hall–Kier alpha value is -3.85. The summed E-state index contributed by atoms with van der Waals surface area (Å²) in [5, 5.41) is 3.02. The van der Waals surface area contributed by atoms with Crippen molar-refractivity contribution in [3.63, 3.8) is 0 Å². The molecule has 3 aromatic carbocycles. The van der Waals surface area contributed by atoms with E-state index in [0.29, 0.717) is 11.4 Å². The number of carbonyl (C=O) groups excluding carboxylic acids is 2. The van der Waals surface area contributed by atoms with Gasteiger partial charge in [0.15, 0.2) is 0 Å². The van der Waals surface area contributed by atoms with Crippen molar-refractivity contribution in [2.75, 3.05) is 24.2 Å². The molecule has 2 amide bonds. The van der Waals surface area contributed by atoms with Gasteiger partial charge >= 0.3 is 0 Å². The molecule has 0 unspecified atom stereocenters. The van der Waals surface area contributed by atoms with Crippen LogP contribution in [0.4, 0.5) is 5.69 Å². The molecule has 0 radical (unpaired) electrons. The molecule has 0 saturated heterocycles. The Morgan fingerprint density at radius 3 is 2.13 bits per heavy atom. The van der Waals surface area contributed by atoms with Crippen molar-refractivity contribution in [1.29, 1.82) is 0 Å². The highest BCUT2D eigenvalue weighted by Gasteiger charge is 2.33. The molecule has 208 valence electrons. The number of nitrogens with one attached hydrogen (secondary N) is 1. The molecule has 9 heteroatoms. The van der Waals surface area contributed by atoms with Gasteiger partial charge in [0.2, 0.25) is 21.8 Å². The van der Waals surface area contributed by atoms with Crippen LogP contribution in [0, 0.1) is 0 Å². The van der Waals surface area contributed by atoms with Crippen LogP contribution in [0.1, 0.15) is 31.4 Å². The minimum atomic E-state index is -3.79. The second-order valence-electron chi connectivity index (χ2n) is 9.50. The van der Waals surface area contributed by atoms with E-state index in [9.17, 15) is 18.0 Å². The van der Waals surface area contributed by atoms with Crippen molar-refractivity contribution in [3.05, 3.63) is 96.1 Å². The molecule has 0 bridgehead atoms. The lowest BCUT2D eigenvalue weighted by atomic mass is 10.0. The summed E-state index contributed by atoms with van der Waals surface area (Å²) in [6, 6.07) is 24.2. The molecule has 3 aromatic rings. The second kappa shape index (κ2) is 13.8. The Bertz CT molecular complexity index is 1330. The first-order valence-corrected chi connectivity index (χ1v) is 14.8. The number of anilines is 1. The molecule has 1 N–H and O–H groups in total. The van der Waals surface area contributed by atoms with E-state index in [0.717, 1.165) is 28.1 Å². The molecule has 39 heavy (non-hydrogen) atoms. The number of para-hydroxylation sites is 1. The van der Waals surface area contributed by atoms with Crippen molar-refractivity contribution in [2.45, 2.75) is 45.3 Å². The van der Waals surface area contributed by atoms with Gasteiger partial charge in [-0.2, -0.15) is 0 Å². The number of sulfonamides is 1. The van der Waals surface area contributed by atoms with Crippen molar-refractivity contribution < 1.29 is 22.7 Å². The zero-order valence-corrected chi connectivity index (χ0v) is 23.7. The van der Waals surface area contributed by atoms with E-state index in [1.54, 1.807) is 49.6 Å². The van der Waals surface area contributed by atoms with Crippen LogP contribution < -0.4 is 14.4 Å². The molecule has 2 atom stereocenters. The monoisotopic (exact) mass is 551 g/mol. The van der Waals surface area contributed by atoms with Gasteiger partial charge in [-0.05, 0) is 48.7 Å². The lowest BCUT2D eigenvalue weighted by Gasteiger charge is -2.34. The van der Waals surface area contributed by atoms with Gasteiger partial charge in [-0.25, -0.2) is 8.42 Å². The van der Waals surface area contributed by atoms with Gasteiger partial charge in [-0.3, -0.25) is 13.9 Å². The first kappa shape index (κ1) is 29.7. The SMILES string of the molecule is CC[C@H](C)NC(=O)[C@@H](Cc1ccccc1)N(Cc1cccc(OC)c1)C(=O)CN(c1ccccc1)S(C)(=O)=O. The number of rotatable bonds is 13. The van der Waals surface area contributed by atoms with E-state index in [4.69, 9.17) is 4.74 Å². The maximum absolute atomic E-state index is 14.0. The maximum Gasteiger partial charge on any atom is 0.244 e. The number of carbonyl (C=O) groups is 2. The molecular formula is C30H37N3O5S. The number of ether oxygens (including phenoxy) is 1. The minimum Gasteiger partial charge on any atom is -0.497 e. The largest absolute Gasteiger partial charge is 0.497 e. The van der Waals surface area contributed by atoms with Crippen LogP contribution in [0.15, 0.2) is 84.9 Å². The number of hydrogen-bond donors (Lipinski definition) is 1. The standard InChI is InChI=1S/C30H37N3O5S/c1-5-23(2)31-30(35)28(20-24-13-8-6-9-14-24)32(21-25-15-12-18-27(19-25)38-3)29(34)22-33(39(4,36)37)26-16-10-7-11-17-26/h6-19,23,28H,5,20-22H2,1-4H3,(H,31,35)/t23-,28+/m0/s1. The summed E-state index contributed by atoms with van der Waals surface area (Å²) >= 11 is 0. The van der Waals surface area contributed by atoms with Gasteiger partial charge in [-0.1, -0.05) is 67.6 Å². The Morgan fingerprint density at radius 2 is 1.54 bits per heavy atom. The van der Waals surface area contributed by atoms with Gasteiger partial charge < -0.3 is 15.0 Å². The Labute approximate surface area is 231 Å². The molecule has 0 aliphatic rings. The molecule has 0 saturated carbocycles. The number of nitrogens with zero attached hydrogens (tertiary/aromatic N) is 2. The fourth-order valence-electron chi connectivity index (χ4n) is 4.17. The average Bonchev–Trinajstić information content (AvgIpc) is 2.93. The number of methoxy groups -OCH3 is 1. The van der Waals surface area contributed by atoms with Crippen LogP contribution in [0.3, 0.4) is 0 Å². The molecule has 0 aliphatic heterocycles. The minimum absolute atomic E-state index is 0.0911. The number of amides is 2. The van der Waals surface area contributed by atoms with Crippen molar-refractivity contribution in [3.8, 4) is 5.75 Å². The zero-order valence-electron chi connectivity index (χ0n) is 22.9. The van der Waals surface area contributed by atoms with E-state index < -0.39 is 28.5 Å². The smallest absolute Gasteiger partial charge is 0.244 e. The fraction of sp³-hybridized carbons (Fsp3) is 0.333. The van der Waals surface area contributed by atoms with Gasteiger partial charge in [-0.15, -0.1) is 0 Å². The molecule has 0 spiro atoms. The maximum atomic E-state index is 14.0. The van der Waals surface area contributed by atoms with E-state index in [-0.39, 0.29) is 24.9 Å². The molecule has 8 nitrogen and oxygen atoms in total. The Morgan fingerprint density at radius 1 is 0.923 bits per heavy atom. The summed E-state index contributed by atoms with van der Waals surface area (Å²) in [7, 11) is -2.23. The van der Waals surface area contributed by atoms with E-state index in [1.807, 2.05) is 56.3 Å². The van der Waals surface area contributed by atoms with Crippen molar-refractivity contribution >= 4 is 27.5 Å². The molecule has 0 aromatic heterocycles. The lowest BCUT2D eigenvalue weighted by molar-refractivity contribution is -0.140. The van der Waals surface area contributed by atoms with Gasteiger partial charge in [0.25, 0.3) is 0 Å². The summed E-state index contributed by atoms with van der Waals surface area (Å²) in [5.74, 6) is -0.173. The van der Waals surface area contributed by atoms with Crippen LogP contribution in [0.2, 0.25) is 0 Å². The van der Waals surface area contributed by atoms with Crippen LogP contribution in [-0.2, 0) is 32.6 Å². The predicted octanol–water partition coefficient (Wildman–Crippen LogP) is 4.02. The van der Waals surface area contributed by atoms with E-state index >= 15 is 0 Å². The highest BCUT2D eigenvalue weighted by atomic mass is 32.2. The normalized spacial score (nSPS) is 12.7. The summed E-state index contributed by atoms with van der Waals surface area (Å²) in [6.07, 6.45) is 2.06. The number of hydrogen-bond acceptors (Lipinski definition) is 5. The topological polar surface area (TPSA) is 96.0 Å². The molecule has 0 aliphatic carbocycles. The highest BCUT2D eigenvalue weighted by molar-refractivity contribution is 7.92. The van der Waals surface area contributed by atoms with Crippen molar-refractivity contribution in [1.82, 2.24) is 10.2 Å². The van der Waals surface area contributed by atoms with Gasteiger partial charge in [0.05, 0.1) is 19.1 Å². The van der Waals surface area contributed by atoms with Crippen LogP contribution in [0.5, 0.6) is 5.75 Å². The third-order valence-electron chi connectivity index (χ3n) is 6.48. The highest BCUT2D eigenvalue weighted by Crippen LogP contribution is 2.21. The van der Waals surface area contributed by atoms with Crippen LogP contribution in [-0.4, -0.2) is 57.1 Å². The second-order valence-corrected chi connectivity index (χ2v) is 11.4. The Balaban J connectivity index is 2.06. The summed E-state index contributed by atoms with van der Waals surface area (Å²) in [5.41, 5.74) is 2.01. The zero-order chi connectivity index (χ0) is 28.4. The van der Waals surface area contributed by atoms with Crippen LogP contribution >= 0.6 is 0 Å². The Kier molecular flexibility index (Phi) is 10.5. The molecular weight excluding hydrogens is 514 g/mol. The predicted molar refractivity (Wildman–Crippen MR) is 154 cm³/mol. The van der Waals surface area contributed by atoms with E-state index in [2.05, 4.69) is 5.32 Å². The van der Waals surface area contributed by atoms with E-state index in [1.165, 1.54) is 4.90 Å². The van der Waals surface area contributed by atoms with Crippen molar-refractivity contribution in [2.24, 2.45) is 0 Å². The third kappa shape index (κ3) is 8.58. The van der Waals surface area contributed by atoms with Gasteiger partial charge in [0, 0.05) is 19.0 Å². The summed E-state index contributed by atoms with van der Waals surface area (Å²) in [6.45, 7) is 3.52. The summed E-state index contributed by atoms with van der Waals surface area (Å²) in [4.78, 5) is 29.2. The third-order valence-corrected chi connectivity index (χ3v) is 7.62. The van der Waals surface area contributed by atoms with Gasteiger partial charge in [0.1, 0.15) is 18.3 Å². The lowest BCUT2D eigenvalue weighted by Crippen LogP contribution is -2.54. The summed E-state index contributed by atoms with van der Waals surface area (Å²) < 4.78 is 32.0. The fourth-order valence-corrected chi connectivity index (χ4v) is 5.02. The first-order valence-electron chi connectivity index (χ1n) is 12.9.